The largest absolute Gasteiger partial charge is 0.415 e. The van der Waals surface area contributed by atoms with Crippen molar-refractivity contribution in [3.05, 3.63) is 22.1 Å². The van der Waals surface area contributed by atoms with Crippen LogP contribution in [-0.2, 0) is 24.7 Å². The summed E-state index contributed by atoms with van der Waals surface area (Å²) in [6, 6.07) is 1.30. The fourth-order valence-corrected chi connectivity index (χ4v) is 5.80. The molecule has 2 aromatic rings. The Morgan fingerprint density at radius 1 is 1.25 bits per heavy atom. The zero-order valence-corrected chi connectivity index (χ0v) is 21.4. The highest BCUT2D eigenvalue weighted by molar-refractivity contribution is 7.80. The van der Waals surface area contributed by atoms with Crippen molar-refractivity contribution < 1.29 is 23.1 Å². The van der Waals surface area contributed by atoms with E-state index in [0.717, 1.165) is 49.0 Å². The third-order valence-corrected chi connectivity index (χ3v) is 7.99. The topological polar surface area (TPSA) is 109 Å². The lowest BCUT2D eigenvalue weighted by atomic mass is 9.91. The summed E-state index contributed by atoms with van der Waals surface area (Å²) in [6.45, 7) is -2.31. The number of amides is 2. The average molecular weight is 539 g/mol. The highest BCUT2D eigenvalue weighted by atomic mass is 32.1. The quantitative estimate of drug-likeness (QED) is 0.362. The Bertz CT molecular complexity index is 1180. The van der Waals surface area contributed by atoms with Crippen molar-refractivity contribution in [2.45, 2.75) is 57.6 Å². The Hall–Kier alpha value is -2.80. The number of carbonyl (C=O) groups is 2. The van der Waals surface area contributed by atoms with Gasteiger partial charge in [0.15, 0.2) is 5.11 Å². The Kier molecular flexibility index (Phi) is 7.11. The fourth-order valence-electron chi connectivity index (χ4n) is 4.29. The van der Waals surface area contributed by atoms with Gasteiger partial charge >= 0.3 is 6.61 Å². The molecule has 0 aromatic carbocycles. The molecule has 9 nitrogen and oxygen atoms in total. The van der Waals surface area contributed by atoms with Crippen molar-refractivity contribution in [1.82, 2.24) is 20.4 Å². The molecular formula is C23H28F2N6O3S2. The number of aromatic nitrogens is 2. The second kappa shape index (κ2) is 10.3. The molecule has 0 bridgehead atoms. The number of hydrogen-bond donors (Lipinski definition) is 4. The van der Waals surface area contributed by atoms with Gasteiger partial charge in [-0.3, -0.25) is 9.59 Å². The minimum atomic E-state index is -2.96. The van der Waals surface area contributed by atoms with E-state index in [0.29, 0.717) is 40.4 Å². The van der Waals surface area contributed by atoms with Crippen molar-refractivity contribution in [3.8, 4) is 5.88 Å². The summed E-state index contributed by atoms with van der Waals surface area (Å²) in [6.07, 6.45) is 6.17. The first-order chi connectivity index (χ1) is 17.3. The first-order valence-corrected chi connectivity index (χ1v) is 13.3. The number of carbonyl (C=O) groups excluding carboxylic acids is 2. The molecule has 2 fully saturated rings. The maximum absolute atomic E-state index is 13.2. The van der Waals surface area contributed by atoms with Crippen LogP contribution in [0.5, 0.6) is 5.88 Å². The normalized spacial score (nSPS) is 18.9. The van der Waals surface area contributed by atoms with E-state index >= 15 is 0 Å². The molecular weight excluding hydrogens is 510 g/mol. The van der Waals surface area contributed by atoms with Crippen LogP contribution in [-0.4, -0.2) is 45.9 Å². The van der Waals surface area contributed by atoms with Crippen LogP contribution in [0.25, 0.3) is 0 Å². The summed E-state index contributed by atoms with van der Waals surface area (Å²) < 4.78 is 30.6. The van der Waals surface area contributed by atoms with Gasteiger partial charge in [-0.1, -0.05) is 0 Å². The molecule has 0 aliphatic heterocycles. The number of anilines is 2. The molecule has 3 aliphatic carbocycles. The molecule has 2 saturated carbocycles. The molecule has 0 saturated heterocycles. The number of alkyl halides is 2. The summed E-state index contributed by atoms with van der Waals surface area (Å²) in [4.78, 5) is 26.8. The van der Waals surface area contributed by atoms with Gasteiger partial charge in [0.25, 0.3) is 5.91 Å². The summed E-state index contributed by atoms with van der Waals surface area (Å²) in [5.41, 5.74) is 1.51. The van der Waals surface area contributed by atoms with Crippen LogP contribution in [0, 0.1) is 11.8 Å². The maximum atomic E-state index is 13.2. The molecule has 36 heavy (non-hydrogen) atoms. The molecule has 1 atom stereocenters. The molecule has 0 unspecified atom stereocenters. The van der Waals surface area contributed by atoms with E-state index < -0.39 is 6.61 Å². The van der Waals surface area contributed by atoms with Gasteiger partial charge in [-0.25, -0.2) is 4.68 Å². The number of halogens is 2. The minimum absolute atomic E-state index is 0.0174. The number of aryl methyl sites for hydroxylation is 2. The summed E-state index contributed by atoms with van der Waals surface area (Å²) in [5, 5.41) is 17.1. The first kappa shape index (κ1) is 24.9. The zero-order valence-electron chi connectivity index (χ0n) is 19.7. The predicted molar refractivity (Wildman–Crippen MR) is 136 cm³/mol. The van der Waals surface area contributed by atoms with Crippen LogP contribution in [0.1, 0.15) is 52.9 Å². The number of thiocarbonyl (C=S) groups is 1. The lowest BCUT2D eigenvalue weighted by Gasteiger charge is -2.25. The Morgan fingerprint density at radius 3 is 2.72 bits per heavy atom. The molecule has 5 rings (SSSR count). The molecule has 3 aliphatic rings. The van der Waals surface area contributed by atoms with E-state index in [4.69, 9.17) is 12.2 Å². The Labute approximate surface area is 216 Å². The maximum Gasteiger partial charge on any atom is 0.388 e. The van der Waals surface area contributed by atoms with Gasteiger partial charge in [-0.2, -0.15) is 8.78 Å². The lowest BCUT2D eigenvalue weighted by Crippen LogP contribution is -2.41. The van der Waals surface area contributed by atoms with E-state index in [1.807, 2.05) is 0 Å². The minimum Gasteiger partial charge on any atom is -0.415 e. The monoisotopic (exact) mass is 538 g/mol. The van der Waals surface area contributed by atoms with Crippen LogP contribution in [0.15, 0.2) is 6.07 Å². The Morgan fingerprint density at radius 2 is 2.03 bits per heavy atom. The third kappa shape index (κ3) is 5.94. The lowest BCUT2D eigenvalue weighted by molar-refractivity contribution is -0.117. The van der Waals surface area contributed by atoms with E-state index in [2.05, 4.69) is 31.1 Å². The van der Waals surface area contributed by atoms with E-state index in [1.54, 1.807) is 7.05 Å². The molecule has 4 N–H and O–H groups in total. The fraction of sp³-hybridized carbons (Fsp3) is 0.565. The highest BCUT2D eigenvalue weighted by Gasteiger charge is 2.34. The van der Waals surface area contributed by atoms with Crippen LogP contribution in [0.2, 0.25) is 0 Å². The molecule has 0 spiro atoms. The van der Waals surface area contributed by atoms with Crippen LogP contribution in [0.3, 0.4) is 0 Å². The number of thiophene rings is 1. The van der Waals surface area contributed by atoms with E-state index in [1.165, 1.54) is 22.1 Å². The van der Waals surface area contributed by atoms with E-state index in [-0.39, 0.29) is 29.7 Å². The standard InChI is InChI=1S/C23H28F2N6O3S2/c1-31-16(9-17(30-31)34-22(24)25)28-23(35)27-13-6-7-15-14(8-13)18(20(33)26-10-11-2-3-11)21(36-15)29-19(32)12-4-5-12/h9,11-13,22H,2-8,10H2,1H3,(H,26,33)(H,29,32)(H2,27,28,35)/t13-/m0/s1. The highest BCUT2D eigenvalue weighted by Crippen LogP contribution is 2.40. The number of hydrogen-bond acceptors (Lipinski definition) is 6. The number of rotatable bonds is 9. The number of nitrogens with one attached hydrogen (secondary N) is 4. The van der Waals surface area contributed by atoms with Gasteiger partial charge in [0.2, 0.25) is 11.8 Å². The molecule has 2 aromatic heterocycles. The van der Waals surface area contributed by atoms with Crippen molar-refractivity contribution in [3.63, 3.8) is 0 Å². The molecule has 2 heterocycles. The SMILES string of the molecule is Cn1nc(OC(F)F)cc1NC(=S)N[C@H]1CCc2sc(NC(=O)C3CC3)c(C(=O)NCC3CC3)c2C1. The summed E-state index contributed by atoms with van der Waals surface area (Å²) >= 11 is 6.94. The van der Waals surface area contributed by atoms with Crippen molar-refractivity contribution >= 4 is 51.3 Å². The van der Waals surface area contributed by atoms with Crippen molar-refractivity contribution in [2.75, 3.05) is 17.2 Å². The summed E-state index contributed by atoms with van der Waals surface area (Å²) in [5.74, 6) is 0.623. The van der Waals surface area contributed by atoms with Gasteiger partial charge in [0.05, 0.1) is 5.56 Å². The number of nitrogens with zero attached hydrogens (tertiary/aromatic N) is 2. The molecule has 194 valence electrons. The number of ether oxygens (including phenoxy) is 1. The van der Waals surface area contributed by atoms with Gasteiger partial charge in [0.1, 0.15) is 10.8 Å². The van der Waals surface area contributed by atoms with Gasteiger partial charge in [-0.05, 0) is 68.6 Å². The number of fused-ring (bicyclic) bond motifs is 1. The van der Waals surface area contributed by atoms with Crippen LogP contribution >= 0.6 is 23.6 Å². The van der Waals surface area contributed by atoms with E-state index in [9.17, 15) is 18.4 Å². The predicted octanol–water partition coefficient (Wildman–Crippen LogP) is 3.42. The van der Waals surface area contributed by atoms with Crippen molar-refractivity contribution in [2.24, 2.45) is 18.9 Å². The molecule has 13 heteroatoms. The smallest absolute Gasteiger partial charge is 0.388 e. The summed E-state index contributed by atoms with van der Waals surface area (Å²) in [7, 11) is 1.59. The second-order valence-electron chi connectivity index (χ2n) is 9.53. The van der Waals surface area contributed by atoms with Gasteiger partial charge in [0, 0.05) is 36.5 Å². The first-order valence-electron chi connectivity index (χ1n) is 12.1. The molecule has 2 amide bonds. The molecule has 0 radical (unpaired) electrons. The van der Waals surface area contributed by atoms with Crippen LogP contribution in [0.4, 0.5) is 19.6 Å². The van der Waals surface area contributed by atoms with Gasteiger partial charge < -0.3 is 26.0 Å². The average Bonchev–Trinajstić information content (AvgIpc) is 3.73. The third-order valence-electron chi connectivity index (χ3n) is 6.57. The van der Waals surface area contributed by atoms with Crippen molar-refractivity contribution in [1.29, 1.82) is 0 Å². The second-order valence-corrected chi connectivity index (χ2v) is 11.0. The zero-order chi connectivity index (χ0) is 25.4. The van der Waals surface area contributed by atoms with Gasteiger partial charge in [-0.15, -0.1) is 16.4 Å². The van der Waals surface area contributed by atoms with Crippen LogP contribution < -0.4 is 26.0 Å². The Balaban J connectivity index is 1.27.